The number of hydrogen-bond donors (Lipinski definition) is 1. The van der Waals surface area contributed by atoms with Crippen molar-refractivity contribution in [2.75, 3.05) is 6.61 Å². The number of aliphatic hydroxyl groups is 1. The molecule has 0 aromatic carbocycles. The van der Waals surface area contributed by atoms with Crippen molar-refractivity contribution >= 4 is 6.29 Å². The summed E-state index contributed by atoms with van der Waals surface area (Å²) >= 11 is 0. The van der Waals surface area contributed by atoms with Crippen molar-refractivity contribution in [3.05, 3.63) is 23.3 Å². The zero-order chi connectivity index (χ0) is 16.4. The fraction of sp³-hybridized carbons (Fsp3) is 0.750. The van der Waals surface area contributed by atoms with Gasteiger partial charge in [-0.05, 0) is 81.1 Å². The molecule has 2 nitrogen and oxygen atoms in total. The molecule has 1 saturated carbocycles. The summed E-state index contributed by atoms with van der Waals surface area (Å²) < 4.78 is 0. The molecule has 4 atom stereocenters. The van der Waals surface area contributed by atoms with E-state index in [1.54, 1.807) is 11.6 Å². The molecule has 2 heteroatoms. The van der Waals surface area contributed by atoms with E-state index in [1.165, 1.54) is 19.3 Å². The third kappa shape index (κ3) is 2.95. The molecule has 0 unspecified atom stereocenters. The predicted octanol–water partition coefficient (Wildman–Crippen LogP) is 4.68. The molecule has 0 amide bonds. The molecule has 1 fully saturated rings. The zero-order valence-electron chi connectivity index (χ0n) is 14.7. The van der Waals surface area contributed by atoms with Crippen LogP contribution < -0.4 is 0 Å². The Morgan fingerprint density at radius 2 is 2.14 bits per heavy atom. The lowest BCUT2D eigenvalue weighted by Gasteiger charge is -2.58. The normalized spacial score (nSPS) is 39.1. The molecule has 2 rings (SSSR count). The summed E-state index contributed by atoms with van der Waals surface area (Å²) in [6.07, 6.45) is 11.7. The Bertz CT molecular complexity index is 476. The van der Waals surface area contributed by atoms with Crippen molar-refractivity contribution in [2.24, 2.45) is 22.7 Å². The van der Waals surface area contributed by atoms with Crippen LogP contribution in [0.2, 0.25) is 0 Å². The van der Waals surface area contributed by atoms with E-state index < -0.39 is 0 Å². The molecule has 0 aliphatic heterocycles. The molecule has 22 heavy (non-hydrogen) atoms. The van der Waals surface area contributed by atoms with Crippen molar-refractivity contribution < 1.29 is 9.90 Å². The second kappa shape index (κ2) is 6.70. The molecule has 0 heterocycles. The minimum Gasteiger partial charge on any atom is -0.396 e. The van der Waals surface area contributed by atoms with E-state index in [1.807, 2.05) is 6.92 Å². The van der Waals surface area contributed by atoms with Crippen LogP contribution in [0.5, 0.6) is 0 Å². The van der Waals surface area contributed by atoms with Crippen LogP contribution in [0.3, 0.4) is 0 Å². The number of allylic oxidation sites excluding steroid dienone is 4. The van der Waals surface area contributed by atoms with Gasteiger partial charge in [0.05, 0.1) is 0 Å². The average molecular weight is 304 g/mol. The van der Waals surface area contributed by atoms with Crippen LogP contribution in [0.25, 0.3) is 0 Å². The van der Waals surface area contributed by atoms with Crippen molar-refractivity contribution in [3.8, 4) is 0 Å². The van der Waals surface area contributed by atoms with Gasteiger partial charge in [-0.25, -0.2) is 0 Å². The van der Waals surface area contributed by atoms with Gasteiger partial charge < -0.3 is 5.11 Å². The van der Waals surface area contributed by atoms with Gasteiger partial charge in [0.25, 0.3) is 0 Å². The van der Waals surface area contributed by atoms with Gasteiger partial charge in [-0.15, -0.1) is 0 Å². The number of hydrogen-bond acceptors (Lipinski definition) is 2. The van der Waals surface area contributed by atoms with Crippen LogP contribution in [0, 0.1) is 22.7 Å². The fourth-order valence-corrected chi connectivity index (χ4v) is 5.15. The van der Waals surface area contributed by atoms with Crippen molar-refractivity contribution in [3.63, 3.8) is 0 Å². The second-order valence-corrected chi connectivity index (χ2v) is 8.01. The quantitative estimate of drug-likeness (QED) is 0.455. The second-order valence-electron chi connectivity index (χ2n) is 8.01. The van der Waals surface area contributed by atoms with Crippen LogP contribution >= 0.6 is 0 Å². The maximum absolute atomic E-state index is 10.7. The number of aliphatic hydroxyl groups excluding tert-OH is 1. The summed E-state index contributed by atoms with van der Waals surface area (Å²) in [5.41, 5.74) is 3.16. The SMILES string of the molecule is CC1=CCC[C@@H]2[C@@](C)(CC/C(C)=C/C=O)[C@H](CO)CC[C@@]12C. The van der Waals surface area contributed by atoms with Gasteiger partial charge in [0, 0.05) is 6.61 Å². The molecule has 0 saturated heterocycles. The van der Waals surface area contributed by atoms with Gasteiger partial charge in [0.15, 0.2) is 0 Å². The van der Waals surface area contributed by atoms with Gasteiger partial charge in [0.1, 0.15) is 6.29 Å². The first kappa shape index (κ1) is 17.5. The van der Waals surface area contributed by atoms with Crippen LogP contribution in [-0.2, 0) is 4.79 Å². The molecular weight excluding hydrogens is 272 g/mol. The first-order valence-corrected chi connectivity index (χ1v) is 8.77. The summed E-state index contributed by atoms with van der Waals surface area (Å²) in [6.45, 7) is 9.46. The Morgan fingerprint density at radius 1 is 1.41 bits per heavy atom. The minimum atomic E-state index is 0.162. The summed E-state index contributed by atoms with van der Waals surface area (Å²) in [6, 6.07) is 0. The minimum absolute atomic E-state index is 0.162. The lowest BCUT2D eigenvalue weighted by Crippen LogP contribution is -2.51. The smallest absolute Gasteiger partial charge is 0.142 e. The number of fused-ring (bicyclic) bond motifs is 1. The summed E-state index contributed by atoms with van der Waals surface area (Å²) in [4.78, 5) is 10.7. The average Bonchev–Trinajstić information content (AvgIpc) is 2.48. The first-order chi connectivity index (χ1) is 10.4. The summed E-state index contributed by atoms with van der Waals surface area (Å²) in [5.74, 6) is 1.03. The Kier molecular flexibility index (Phi) is 5.32. The topological polar surface area (TPSA) is 37.3 Å². The number of carbonyl (C=O) groups excluding carboxylic acids is 1. The van der Waals surface area contributed by atoms with E-state index in [0.717, 1.165) is 31.1 Å². The largest absolute Gasteiger partial charge is 0.396 e. The maximum Gasteiger partial charge on any atom is 0.142 e. The molecule has 0 bridgehead atoms. The summed E-state index contributed by atoms with van der Waals surface area (Å²) in [5, 5.41) is 9.95. The first-order valence-electron chi connectivity index (χ1n) is 8.77. The molecule has 0 radical (unpaired) electrons. The van der Waals surface area contributed by atoms with Crippen LogP contribution in [0.1, 0.15) is 66.2 Å². The molecular formula is C20H32O2. The van der Waals surface area contributed by atoms with Gasteiger partial charge >= 0.3 is 0 Å². The lowest BCUT2D eigenvalue weighted by molar-refractivity contribution is -0.104. The van der Waals surface area contributed by atoms with E-state index >= 15 is 0 Å². The Morgan fingerprint density at radius 3 is 2.77 bits per heavy atom. The van der Waals surface area contributed by atoms with Crippen LogP contribution in [0.4, 0.5) is 0 Å². The number of carbonyl (C=O) groups is 1. The van der Waals surface area contributed by atoms with E-state index in [9.17, 15) is 9.90 Å². The molecule has 2 aliphatic rings. The fourth-order valence-electron chi connectivity index (χ4n) is 5.15. The van der Waals surface area contributed by atoms with E-state index in [-0.39, 0.29) is 5.41 Å². The van der Waals surface area contributed by atoms with E-state index in [2.05, 4.69) is 26.8 Å². The highest BCUT2D eigenvalue weighted by Crippen LogP contribution is 2.61. The summed E-state index contributed by atoms with van der Waals surface area (Å²) in [7, 11) is 0. The van der Waals surface area contributed by atoms with Crippen LogP contribution in [-0.4, -0.2) is 18.0 Å². The highest BCUT2D eigenvalue weighted by molar-refractivity contribution is 5.65. The third-order valence-corrected chi connectivity index (χ3v) is 6.95. The molecule has 124 valence electrons. The Hall–Kier alpha value is -0.890. The number of aldehydes is 1. The van der Waals surface area contributed by atoms with Gasteiger partial charge in [-0.1, -0.05) is 31.1 Å². The monoisotopic (exact) mass is 304 g/mol. The third-order valence-electron chi connectivity index (χ3n) is 6.95. The highest BCUT2D eigenvalue weighted by atomic mass is 16.3. The molecule has 2 aliphatic carbocycles. The maximum atomic E-state index is 10.7. The Labute approximate surface area is 135 Å². The molecule has 0 aromatic rings. The van der Waals surface area contributed by atoms with Crippen molar-refractivity contribution in [2.45, 2.75) is 66.2 Å². The van der Waals surface area contributed by atoms with E-state index in [0.29, 0.717) is 23.9 Å². The lowest BCUT2D eigenvalue weighted by atomic mass is 9.46. The van der Waals surface area contributed by atoms with Crippen molar-refractivity contribution in [1.82, 2.24) is 0 Å². The molecule has 1 N–H and O–H groups in total. The van der Waals surface area contributed by atoms with Gasteiger partial charge in [0.2, 0.25) is 0 Å². The Balaban J connectivity index is 2.29. The number of rotatable bonds is 5. The standard InChI is InChI=1S/C20H32O2/c1-15(10-13-21)8-11-20(4)17(14-22)9-12-19(3)16(2)6-5-7-18(19)20/h6,10,13,17-18,22H,5,7-9,11-12,14H2,1-4H3/b15-10+/t17-,18-,19-,20-/m0/s1. The molecule has 0 aromatic heterocycles. The van der Waals surface area contributed by atoms with Gasteiger partial charge in [-0.3, -0.25) is 4.79 Å². The van der Waals surface area contributed by atoms with Crippen LogP contribution in [0.15, 0.2) is 23.3 Å². The zero-order valence-corrected chi connectivity index (χ0v) is 14.7. The van der Waals surface area contributed by atoms with E-state index in [4.69, 9.17) is 0 Å². The highest BCUT2D eigenvalue weighted by Gasteiger charge is 2.53. The molecule has 0 spiro atoms. The van der Waals surface area contributed by atoms with Gasteiger partial charge in [-0.2, -0.15) is 0 Å². The predicted molar refractivity (Wildman–Crippen MR) is 91.6 cm³/mol. The van der Waals surface area contributed by atoms with Crippen molar-refractivity contribution in [1.29, 1.82) is 0 Å².